The number of halogens is 1. The Labute approximate surface area is 177 Å². The van der Waals surface area contributed by atoms with Gasteiger partial charge in [0.2, 0.25) is 5.82 Å². The molecule has 3 aromatic heterocycles. The van der Waals surface area contributed by atoms with Gasteiger partial charge in [-0.15, -0.1) is 16.4 Å². The van der Waals surface area contributed by atoms with Gasteiger partial charge >= 0.3 is 0 Å². The maximum absolute atomic E-state index is 13.4. The van der Waals surface area contributed by atoms with Crippen LogP contribution in [0.25, 0.3) is 16.4 Å². The van der Waals surface area contributed by atoms with Crippen molar-refractivity contribution in [3.05, 3.63) is 77.1 Å². The second-order valence-corrected chi connectivity index (χ2v) is 8.11. The van der Waals surface area contributed by atoms with Crippen LogP contribution in [0.5, 0.6) is 0 Å². The van der Waals surface area contributed by atoms with Crippen LogP contribution in [0.3, 0.4) is 0 Å². The highest BCUT2D eigenvalue weighted by Gasteiger charge is 2.26. The number of aromatic nitrogens is 3. The summed E-state index contributed by atoms with van der Waals surface area (Å²) in [5.74, 6) is 1.48. The molecule has 1 aromatic carbocycles. The van der Waals surface area contributed by atoms with Crippen molar-refractivity contribution in [2.45, 2.75) is 33.4 Å². The molecular weight excluding hydrogens is 403 g/mol. The number of aryl methyl sites for hydroxylation is 1. The molecule has 3 heterocycles. The summed E-state index contributed by atoms with van der Waals surface area (Å²) in [5, 5.41) is 6.41. The fourth-order valence-electron chi connectivity index (χ4n) is 3.09. The molecule has 0 aliphatic rings. The standard InChI is InChI=1S/C22H21FN4O2S/c1-14(2)26(13-18-11-6-15(3)29-18)22(28)20-24-21(19-5-4-12-30-19)27(25-20)17-9-7-16(23)8-10-17/h4-12,14H,13H2,1-3H3. The highest BCUT2D eigenvalue weighted by molar-refractivity contribution is 7.13. The molecule has 1 amide bonds. The van der Waals surface area contributed by atoms with Gasteiger partial charge in [-0.3, -0.25) is 4.79 Å². The summed E-state index contributed by atoms with van der Waals surface area (Å²) in [4.78, 5) is 20.4. The molecule has 0 bridgehead atoms. The molecule has 0 aliphatic carbocycles. The summed E-state index contributed by atoms with van der Waals surface area (Å²) in [6, 6.07) is 13.4. The first-order valence-electron chi connectivity index (χ1n) is 9.55. The number of thiophene rings is 1. The van der Waals surface area contributed by atoms with E-state index in [-0.39, 0.29) is 23.6 Å². The van der Waals surface area contributed by atoms with E-state index in [0.29, 0.717) is 23.8 Å². The Morgan fingerprint density at radius 3 is 2.57 bits per heavy atom. The van der Waals surface area contributed by atoms with Gasteiger partial charge in [-0.2, -0.15) is 0 Å². The zero-order valence-electron chi connectivity index (χ0n) is 16.9. The summed E-state index contributed by atoms with van der Waals surface area (Å²) in [6.07, 6.45) is 0. The van der Waals surface area contributed by atoms with Crippen molar-refractivity contribution < 1.29 is 13.6 Å². The lowest BCUT2D eigenvalue weighted by Crippen LogP contribution is -2.37. The van der Waals surface area contributed by atoms with Crippen LogP contribution in [0.1, 0.15) is 36.0 Å². The van der Waals surface area contributed by atoms with Gasteiger partial charge in [0.25, 0.3) is 5.91 Å². The Kier molecular flexibility index (Phi) is 5.50. The first-order valence-corrected chi connectivity index (χ1v) is 10.4. The second kappa shape index (κ2) is 8.23. The third-order valence-corrected chi connectivity index (χ3v) is 5.48. The maximum Gasteiger partial charge on any atom is 0.294 e. The van der Waals surface area contributed by atoms with E-state index in [1.807, 2.05) is 50.4 Å². The number of nitrogens with zero attached hydrogens (tertiary/aromatic N) is 4. The topological polar surface area (TPSA) is 64.2 Å². The lowest BCUT2D eigenvalue weighted by atomic mass is 10.2. The number of carbonyl (C=O) groups is 1. The fourth-order valence-corrected chi connectivity index (χ4v) is 3.78. The van der Waals surface area contributed by atoms with Crippen molar-refractivity contribution in [1.82, 2.24) is 19.7 Å². The first kappa shape index (κ1) is 20.0. The van der Waals surface area contributed by atoms with Gasteiger partial charge in [0.1, 0.15) is 17.3 Å². The quantitative estimate of drug-likeness (QED) is 0.433. The van der Waals surface area contributed by atoms with Crippen LogP contribution >= 0.6 is 11.3 Å². The fraction of sp³-hybridized carbons (Fsp3) is 0.227. The molecule has 154 valence electrons. The minimum Gasteiger partial charge on any atom is -0.464 e. The summed E-state index contributed by atoms with van der Waals surface area (Å²) in [7, 11) is 0. The molecule has 0 aliphatic heterocycles. The molecule has 0 N–H and O–H groups in total. The van der Waals surface area contributed by atoms with Gasteiger partial charge < -0.3 is 9.32 Å². The van der Waals surface area contributed by atoms with Gasteiger partial charge in [0.15, 0.2) is 5.82 Å². The van der Waals surface area contributed by atoms with Gasteiger partial charge in [-0.25, -0.2) is 14.1 Å². The molecule has 0 spiro atoms. The molecule has 0 atom stereocenters. The van der Waals surface area contributed by atoms with Crippen LogP contribution in [0, 0.1) is 12.7 Å². The van der Waals surface area contributed by atoms with Crippen LogP contribution in [0.2, 0.25) is 0 Å². The van der Waals surface area contributed by atoms with Crippen LogP contribution in [-0.2, 0) is 6.54 Å². The Hall–Kier alpha value is -3.26. The molecule has 0 fully saturated rings. The van der Waals surface area contributed by atoms with Crippen LogP contribution in [0.4, 0.5) is 4.39 Å². The van der Waals surface area contributed by atoms with E-state index in [1.54, 1.807) is 21.7 Å². The number of rotatable bonds is 6. The molecule has 8 heteroatoms. The Balaban J connectivity index is 1.73. The molecule has 0 saturated heterocycles. The number of hydrogen-bond donors (Lipinski definition) is 0. The van der Waals surface area contributed by atoms with Crippen molar-refractivity contribution in [1.29, 1.82) is 0 Å². The second-order valence-electron chi connectivity index (χ2n) is 7.16. The zero-order valence-corrected chi connectivity index (χ0v) is 17.7. The predicted octanol–water partition coefficient (Wildman–Crippen LogP) is 5.09. The summed E-state index contributed by atoms with van der Waals surface area (Å²) < 4.78 is 20.6. The first-order chi connectivity index (χ1) is 14.4. The predicted molar refractivity (Wildman–Crippen MR) is 113 cm³/mol. The Bertz CT molecular complexity index is 1150. The molecule has 0 saturated carbocycles. The number of benzene rings is 1. The molecule has 6 nitrogen and oxygen atoms in total. The minimum atomic E-state index is -0.340. The average molecular weight is 425 g/mol. The van der Waals surface area contributed by atoms with E-state index < -0.39 is 0 Å². The lowest BCUT2D eigenvalue weighted by Gasteiger charge is -2.24. The average Bonchev–Trinajstić information content (AvgIpc) is 3.46. The number of amides is 1. The lowest BCUT2D eigenvalue weighted by molar-refractivity contribution is 0.0662. The highest BCUT2D eigenvalue weighted by Crippen LogP contribution is 2.26. The number of hydrogen-bond acceptors (Lipinski definition) is 5. The molecule has 30 heavy (non-hydrogen) atoms. The van der Waals surface area contributed by atoms with Crippen molar-refractivity contribution >= 4 is 17.2 Å². The van der Waals surface area contributed by atoms with Crippen LogP contribution < -0.4 is 0 Å². The van der Waals surface area contributed by atoms with Crippen molar-refractivity contribution in [2.24, 2.45) is 0 Å². The monoisotopic (exact) mass is 424 g/mol. The van der Waals surface area contributed by atoms with Crippen molar-refractivity contribution in [3.8, 4) is 16.4 Å². The number of carbonyl (C=O) groups excluding carboxylic acids is 1. The van der Waals surface area contributed by atoms with E-state index >= 15 is 0 Å². The van der Waals surface area contributed by atoms with Gasteiger partial charge in [0, 0.05) is 6.04 Å². The smallest absolute Gasteiger partial charge is 0.294 e. The van der Waals surface area contributed by atoms with Crippen LogP contribution in [-0.4, -0.2) is 31.6 Å². The molecule has 4 aromatic rings. The van der Waals surface area contributed by atoms with Gasteiger partial charge in [-0.1, -0.05) is 6.07 Å². The summed E-state index contributed by atoms with van der Waals surface area (Å²) in [5.41, 5.74) is 0.629. The van der Waals surface area contributed by atoms with Crippen molar-refractivity contribution in [3.63, 3.8) is 0 Å². The minimum absolute atomic E-state index is 0.0779. The van der Waals surface area contributed by atoms with E-state index in [2.05, 4.69) is 10.1 Å². The number of furan rings is 1. The SMILES string of the molecule is Cc1ccc(CN(C(=O)c2nc(-c3cccs3)n(-c3ccc(F)cc3)n2)C(C)C)o1. The molecule has 0 unspecified atom stereocenters. The zero-order chi connectivity index (χ0) is 21.3. The normalized spacial score (nSPS) is 11.2. The summed E-state index contributed by atoms with van der Waals surface area (Å²) in [6.45, 7) is 6.06. The van der Waals surface area contributed by atoms with E-state index in [0.717, 1.165) is 10.6 Å². The van der Waals surface area contributed by atoms with Crippen LogP contribution in [0.15, 0.2) is 58.3 Å². The Morgan fingerprint density at radius 1 is 1.20 bits per heavy atom. The molecule has 0 radical (unpaired) electrons. The summed E-state index contributed by atoms with van der Waals surface area (Å²) >= 11 is 1.50. The van der Waals surface area contributed by atoms with Crippen molar-refractivity contribution in [2.75, 3.05) is 0 Å². The Morgan fingerprint density at radius 2 is 1.97 bits per heavy atom. The van der Waals surface area contributed by atoms with Gasteiger partial charge in [-0.05, 0) is 68.6 Å². The maximum atomic E-state index is 13.4. The van der Waals surface area contributed by atoms with E-state index in [1.165, 1.54) is 23.5 Å². The highest BCUT2D eigenvalue weighted by atomic mass is 32.1. The third-order valence-electron chi connectivity index (χ3n) is 4.62. The van der Waals surface area contributed by atoms with E-state index in [9.17, 15) is 9.18 Å². The molecule has 4 rings (SSSR count). The largest absolute Gasteiger partial charge is 0.464 e. The molecular formula is C22H21FN4O2S. The third kappa shape index (κ3) is 4.04. The van der Waals surface area contributed by atoms with Gasteiger partial charge in [0.05, 0.1) is 17.1 Å². The van der Waals surface area contributed by atoms with E-state index in [4.69, 9.17) is 4.42 Å².